The van der Waals surface area contributed by atoms with Gasteiger partial charge < -0.3 is 14.6 Å². The molecular weight excluding hydrogens is 302 g/mol. The van der Waals surface area contributed by atoms with Crippen molar-refractivity contribution in [2.45, 2.75) is 49.9 Å². The molecular formula is C13H21N7OS. The third-order valence-electron chi connectivity index (χ3n) is 3.51. The van der Waals surface area contributed by atoms with Crippen LogP contribution in [0.25, 0.3) is 0 Å². The molecule has 1 fully saturated rings. The Morgan fingerprint density at radius 1 is 1.45 bits per heavy atom. The first kappa shape index (κ1) is 15.4. The van der Waals surface area contributed by atoms with Crippen LogP contribution in [-0.2, 0) is 23.6 Å². The molecule has 0 saturated carbocycles. The summed E-state index contributed by atoms with van der Waals surface area (Å²) < 4.78 is 7.89. The van der Waals surface area contributed by atoms with Gasteiger partial charge in [0, 0.05) is 6.61 Å². The van der Waals surface area contributed by atoms with Crippen molar-refractivity contribution in [3.8, 4) is 0 Å². The SMILES string of the molecule is CNCc1nnc(SCc2n[nH]c(C)n2)n1C[C@H]1CCCO1. The Balaban J connectivity index is 1.71. The Hall–Kier alpha value is -1.45. The Morgan fingerprint density at radius 2 is 2.36 bits per heavy atom. The van der Waals surface area contributed by atoms with Crippen LogP contribution < -0.4 is 5.32 Å². The van der Waals surface area contributed by atoms with Crippen molar-refractivity contribution in [1.82, 2.24) is 35.3 Å². The fourth-order valence-corrected chi connectivity index (χ4v) is 3.29. The van der Waals surface area contributed by atoms with E-state index in [0.29, 0.717) is 12.3 Å². The maximum Gasteiger partial charge on any atom is 0.191 e. The predicted octanol–water partition coefficient (Wildman–Crippen LogP) is 0.895. The first-order chi connectivity index (χ1) is 10.8. The number of H-pyrrole nitrogens is 1. The summed E-state index contributed by atoms with van der Waals surface area (Å²) in [6.07, 6.45) is 2.49. The number of nitrogens with one attached hydrogen (secondary N) is 2. The molecule has 0 amide bonds. The number of hydrogen-bond donors (Lipinski definition) is 2. The summed E-state index contributed by atoms with van der Waals surface area (Å²) in [6, 6.07) is 0. The van der Waals surface area contributed by atoms with Gasteiger partial charge in [0.25, 0.3) is 0 Å². The average molecular weight is 323 g/mol. The highest BCUT2D eigenvalue weighted by Gasteiger charge is 2.21. The number of aromatic amines is 1. The molecule has 1 atom stereocenters. The van der Waals surface area contributed by atoms with Crippen LogP contribution in [-0.4, -0.2) is 49.7 Å². The average Bonchev–Trinajstić information content (AvgIpc) is 3.22. The van der Waals surface area contributed by atoms with Crippen LogP contribution in [0.1, 0.15) is 30.3 Å². The summed E-state index contributed by atoms with van der Waals surface area (Å²) in [7, 11) is 1.91. The highest BCUT2D eigenvalue weighted by molar-refractivity contribution is 7.98. The maximum absolute atomic E-state index is 5.74. The zero-order chi connectivity index (χ0) is 15.4. The lowest BCUT2D eigenvalue weighted by atomic mass is 10.2. The number of ether oxygens (including phenoxy) is 1. The molecule has 9 heteroatoms. The van der Waals surface area contributed by atoms with Crippen LogP contribution in [0.3, 0.4) is 0 Å². The van der Waals surface area contributed by atoms with Crippen LogP contribution >= 0.6 is 11.8 Å². The molecule has 22 heavy (non-hydrogen) atoms. The molecule has 2 aromatic heterocycles. The van der Waals surface area contributed by atoms with Crippen molar-refractivity contribution >= 4 is 11.8 Å². The van der Waals surface area contributed by atoms with Gasteiger partial charge in [0.2, 0.25) is 0 Å². The molecule has 120 valence electrons. The number of rotatable bonds is 7. The van der Waals surface area contributed by atoms with Crippen LogP contribution in [0.2, 0.25) is 0 Å². The summed E-state index contributed by atoms with van der Waals surface area (Å²) >= 11 is 1.60. The predicted molar refractivity (Wildman–Crippen MR) is 82.4 cm³/mol. The fraction of sp³-hybridized carbons (Fsp3) is 0.692. The lowest BCUT2D eigenvalue weighted by Crippen LogP contribution is -2.20. The normalized spacial score (nSPS) is 18.2. The quantitative estimate of drug-likeness (QED) is 0.731. The summed E-state index contributed by atoms with van der Waals surface area (Å²) in [6.45, 7) is 4.25. The van der Waals surface area contributed by atoms with Gasteiger partial charge in [-0.05, 0) is 26.8 Å². The smallest absolute Gasteiger partial charge is 0.191 e. The van der Waals surface area contributed by atoms with E-state index in [2.05, 4.69) is 35.3 Å². The Morgan fingerprint density at radius 3 is 3.05 bits per heavy atom. The number of aromatic nitrogens is 6. The Kier molecular flexibility index (Phi) is 5.06. The van der Waals surface area contributed by atoms with E-state index in [1.807, 2.05) is 14.0 Å². The van der Waals surface area contributed by atoms with E-state index < -0.39 is 0 Å². The second kappa shape index (κ2) is 7.21. The van der Waals surface area contributed by atoms with E-state index in [9.17, 15) is 0 Å². The van der Waals surface area contributed by atoms with E-state index in [4.69, 9.17) is 4.74 Å². The molecule has 0 aromatic carbocycles. The highest BCUT2D eigenvalue weighted by Crippen LogP contribution is 2.23. The largest absolute Gasteiger partial charge is 0.376 e. The number of hydrogen-bond acceptors (Lipinski definition) is 7. The summed E-state index contributed by atoms with van der Waals surface area (Å²) in [4.78, 5) is 4.32. The lowest BCUT2D eigenvalue weighted by molar-refractivity contribution is 0.0941. The van der Waals surface area contributed by atoms with Crippen molar-refractivity contribution in [2.75, 3.05) is 13.7 Å². The van der Waals surface area contributed by atoms with Crippen LogP contribution in [0, 0.1) is 6.92 Å². The molecule has 1 saturated heterocycles. The molecule has 0 bridgehead atoms. The van der Waals surface area contributed by atoms with E-state index in [-0.39, 0.29) is 6.10 Å². The van der Waals surface area contributed by atoms with Gasteiger partial charge in [0.05, 0.1) is 24.9 Å². The van der Waals surface area contributed by atoms with Gasteiger partial charge >= 0.3 is 0 Å². The van der Waals surface area contributed by atoms with E-state index in [1.165, 1.54) is 0 Å². The third kappa shape index (κ3) is 3.65. The van der Waals surface area contributed by atoms with Gasteiger partial charge in [-0.1, -0.05) is 11.8 Å². The minimum absolute atomic E-state index is 0.261. The lowest BCUT2D eigenvalue weighted by Gasteiger charge is -2.14. The first-order valence-electron chi connectivity index (χ1n) is 7.45. The molecule has 3 heterocycles. The van der Waals surface area contributed by atoms with E-state index in [0.717, 1.165) is 48.6 Å². The molecule has 3 rings (SSSR count). The third-order valence-corrected chi connectivity index (χ3v) is 4.48. The molecule has 1 aliphatic heterocycles. The van der Waals surface area contributed by atoms with Crippen molar-refractivity contribution < 1.29 is 4.74 Å². The van der Waals surface area contributed by atoms with Gasteiger partial charge in [0.15, 0.2) is 11.0 Å². The standard InChI is InChI=1S/C13H21N7OS/c1-9-15-11(17-16-9)8-22-13-19-18-12(6-14-2)20(13)7-10-4-3-5-21-10/h10,14H,3-8H2,1-2H3,(H,15,16,17)/t10-/m1/s1. The number of thioether (sulfide) groups is 1. The van der Waals surface area contributed by atoms with Gasteiger partial charge in [0.1, 0.15) is 11.6 Å². The highest BCUT2D eigenvalue weighted by atomic mass is 32.2. The molecule has 2 aromatic rings. The molecule has 1 aliphatic rings. The fourth-order valence-electron chi connectivity index (χ4n) is 2.47. The molecule has 0 aliphatic carbocycles. The molecule has 2 N–H and O–H groups in total. The van der Waals surface area contributed by atoms with Crippen LogP contribution in [0.4, 0.5) is 0 Å². The maximum atomic E-state index is 5.74. The topological polar surface area (TPSA) is 93.5 Å². The molecule has 0 unspecified atom stereocenters. The summed E-state index contributed by atoms with van der Waals surface area (Å²) in [5, 5.41) is 19.6. The summed E-state index contributed by atoms with van der Waals surface area (Å²) in [5.41, 5.74) is 0. The Bertz CT molecular complexity index is 605. The van der Waals surface area contributed by atoms with Crippen molar-refractivity contribution in [3.63, 3.8) is 0 Å². The van der Waals surface area contributed by atoms with Gasteiger partial charge in [-0.15, -0.1) is 10.2 Å². The van der Waals surface area contributed by atoms with E-state index >= 15 is 0 Å². The minimum atomic E-state index is 0.261. The zero-order valence-corrected chi connectivity index (χ0v) is 13.7. The molecule has 8 nitrogen and oxygen atoms in total. The summed E-state index contributed by atoms with van der Waals surface area (Å²) in [5.74, 6) is 3.22. The van der Waals surface area contributed by atoms with Gasteiger partial charge in [-0.25, -0.2) is 4.98 Å². The van der Waals surface area contributed by atoms with Crippen molar-refractivity contribution in [3.05, 3.63) is 17.5 Å². The van der Waals surface area contributed by atoms with Gasteiger partial charge in [-0.3, -0.25) is 5.10 Å². The number of nitrogens with zero attached hydrogens (tertiary/aromatic N) is 5. The second-order valence-corrected chi connectivity index (χ2v) is 6.24. The monoisotopic (exact) mass is 323 g/mol. The second-order valence-electron chi connectivity index (χ2n) is 5.30. The van der Waals surface area contributed by atoms with Crippen LogP contribution in [0.15, 0.2) is 5.16 Å². The van der Waals surface area contributed by atoms with Crippen molar-refractivity contribution in [1.29, 1.82) is 0 Å². The molecule has 0 spiro atoms. The van der Waals surface area contributed by atoms with Crippen LogP contribution in [0.5, 0.6) is 0 Å². The molecule has 0 radical (unpaired) electrons. The van der Waals surface area contributed by atoms with Crippen molar-refractivity contribution in [2.24, 2.45) is 0 Å². The van der Waals surface area contributed by atoms with Gasteiger partial charge in [-0.2, -0.15) is 5.10 Å². The number of aryl methyl sites for hydroxylation is 1. The first-order valence-corrected chi connectivity index (χ1v) is 8.44. The van der Waals surface area contributed by atoms with E-state index in [1.54, 1.807) is 11.8 Å². The minimum Gasteiger partial charge on any atom is -0.376 e. The zero-order valence-electron chi connectivity index (χ0n) is 12.9. The Labute approximate surface area is 133 Å².